The Balaban J connectivity index is 1.65. The average molecular weight is 431 g/mol. The van der Waals surface area contributed by atoms with Crippen molar-refractivity contribution in [1.29, 1.82) is 0 Å². The molecular weight excluding hydrogens is 404 g/mol. The SMILES string of the molecule is CC[C@@H](NC(=O)c1cc(C(=O)N2CCCC2C)n2c1COCC2)c1c(F)cccc1F. The molecule has 1 fully saturated rings. The Labute approximate surface area is 180 Å². The Morgan fingerprint density at radius 3 is 2.65 bits per heavy atom. The smallest absolute Gasteiger partial charge is 0.270 e. The van der Waals surface area contributed by atoms with Gasteiger partial charge < -0.3 is 19.5 Å². The van der Waals surface area contributed by atoms with Crippen LogP contribution in [0.25, 0.3) is 0 Å². The molecule has 8 heteroatoms. The molecule has 1 unspecified atom stereocenters. The largest absolute Gasteiger partial charge is 0.373 e. The highest BCUT2D eigenvalue weighted by Crippen LogP contribution is 2.28. The van der Waals surface area contributed by atoms with E-state index in [2.05, 4.69) is 5.32 Å². The molecule has 2 atom stereocenters. The number of likely N-dealkylation sites (tertiary alicyclic amines) is 1. The van der Waals surface area contributed by atoms with Crippen molar-refractivity contribution in [3.8, 4) is 0 Å². The van der Waals surface area contributed by atoms with Gasteiger partial charge in [0.15, 0.2) is 0 Å². The quantitative estimate of drug-likeness (QED) is 0.783. The molecule has 31 heavy (non-hydrogen) atoms. The van der Waals surface area contributed by atoms with Crippen LogP contribution >= 0.6 is 0 Å². The molecule has 1 aromatic heterocycles. The summed E-state index contributed by atoms with van der Waals surface area (Å²) < 4.78 is 35.9. The lowest BCUT2D eigenvalue weighted by molar-refractivity contribution is 0.0683. The molecule has 2 aliphatic rings. The van der Waals surface area contributed by atoms with Crippen LogP contribution in [0.1, 0.15) is 71.3 Å². The zero-order valence-corrected chi connectivity index (χ0v) is 17.8. The van der Waals surface area contributed by atoms with Gasteiger partial charge in [0.2, 0.25) is 0 Å². The molecule has 0 saturated carbocycles. The highest BCUT2D eigenvalue weighted by atomic mass is 19.1. The summed E-state index contributed by atoms with van der Waals surface area (Å²) in [6, 6.07) is 4.57. The summed E-state index contributed by atoms with van der Waals surface area (Å²) in [5.41, 5.74) is 1.22. The van der Waals surface area contributed by atoms with E-state index < -0.39 is 23.6 Å². The van der Waals surface area contributed by atoms with E-state index in [1.165, 1.54) is 18.2 Å². The predicted molar refractivity (Wildman–Crippen MR) is 111 cm³/mol. The van der Waals surface area contributed by atoms with Crippen molar-refractivity contribution in [2.24, 2.45) is 0 Å². The number of hydrogen-bond donors (Lipinski definition) is 1. The summed E-state index contributed by atoms with van der Waals surface area (Å²) in [6.45, 7) is 5.61. The van der Waals surface area contributed by atoms with Gasteiger partial charge in [-0.2, -0.15) is 0 Å². The van der Waals surface area contributed by atoms with Crippen molar-refractivity contribution in [3.63, 3.8) is 0 Å². The Kier molecular flexibility index (Phi) is 6.09. The molecule has 2 aliphatic heterocycles. The summed E-state index contributed by atoms with van der Waals surface area (Å²) in [5, 5.41) is 2.75. The second kappa shape index (κ2) is 8.78. The highest BCUT2D eigenvalue weighted by Gasteiger charge is 2.32. The van der Waals surface area contributed by atoms with Gasteiger partial charge in [-0.15, -0.1) is 0 Å². The molecule has 0 spiro atoms. The van der Waals surface area contributed by atoms with Gasteiger partial charge in [-0.05, 0) is 44.4 Å². The number of nitrogens with one attached hydrogen (secondary N) is 1. The predicted octanol–water partition coefficient (Wildman–Crippen LogP) is 3.80. The zero-order chi connectivity index (χ0) is 22.1. The minimum absolute atomic E-state index is 0.0978. The van der Waals surface area contributed by atoms with E-state index in [0.717, 1.165) is 12.8 Å². The van der Waals surface area contributed by atoms with Crippen LogP contribution in [0.5, 0.6) is 0 Å². The second-order valence-corrected chi connectivity index (χ2v) is 8.15. The summed E-state index contributed by atoms with van der Waals surface area (Å²) in [5.74, 6) is -1.97. The number of carbonyl (C=O) groups excluding carboxylic acids is 2. The first-order valence-electron chi connectivity index (χ1n) is 10.8. The standard InChI is InChI=1S/C23H27F2N3O3/c1-3-18(21-16(24)7-4-8-17(21)25)26-22(29)15-12-19(28-10-11-31-13-20(15)28)23(30)27-9-5-6-14(27)2/h4,7-8,12,14,18H,3,5-6,9-11,13H2,1-2H3,(H,26,29)/t14?,18-/m1/s1. The third kappa shape index (κ3) is 3.96. The Hall–Kier alpha value is -2.74. The molecule has 0 radical (unpaired) electrons. The monoisotopic (exact) mass is 431 g/mol. The molecule has 6 nitrogen and oxygen atoms in total. The van der Waals surface area contributed by atoms with Crippen LogP contribution in [-0.2, 0) is 17.9 Å². The van der Waals surface area contributed by atoms with Gasteiger partial charge in [0.1, 0.15) is 17.3 Å². The first-order valence-corrected chi connectivity index (χ1v) is 10.8. The lowest BCUT2D eigenvalue weighted by Gasteiger charge is -2.24. The fourth-order valence-corrected chi connectivity index (χ4v) is 4.54. The number of carbonyl (C=O) groups is 2. The number of ether oxygens (including phenoxy) is 1. The number of amides is 2. The molecule has 4 rings (SSSR count). The molecule has 1 aromatic carbocycles. The van der Waals surface area contributed by atoms with E-state index in [1.54, 1.807) is 13.0 Å². The van der Waals surface area contributed by atoms with Gasteiger partial charge in [-0.25, -0.2) is 8.78 Å². The maximum atomic E-state index is 14.3. The zero-order valence-electron chi connectivity index (χ0n) is 17.8. The first kappa shape index (κ1) is 21.5. The molecule has 2 aromatic rings. The third-order valence-electron chi connectivity index (χ3n) is 6.25. The second-order valence-electron chi connectivity index (χ2n) is 8.15. The van der Waals surface area contributed by atoms with Crippen molar-refractivity contribution >= 4 is 11.8 Å². The Morgan fingerprint density at radius 2 is 2.00 bits per heavy atom. The van der Waals surface area contributed by atoms with Crippen molar-refractivity contribution in [3.05, 3.63) is 58.4 Å². The minimum atomic E-state index is -0.827. The maximum Gasteiger partial charge on any atom is 0.270 e. The van der Waals surface area contributed by atoms with Crippen LogP contribution in [-0.4, -0.2) is 40.5 Å². The third-order valence-corrected chi connectivity index (χ3v) is 6.25. The van der Waals surface area contributed by atoms with Gasteiger partial charge >= 0.3 is 0 Å². The fraction of sp³-hybridized carbons (Fsp3) is 0.478. The fourth-order valence-electron chi connectivity index (χ4n) is 4.54. The highest BCUT2D eigenvalue weighted by molar-refractivity contribution is 6.01. The molecule has 2 amide bonds. The van der Waals surface area contributed by atoms with E-state index in [-0.39, 0.29) is 24.1 Å². The first-order chi connectivity index (χ1) is 14.9. The van der Waals surface area contributed by atoms with Gasteiger partial charge in [0.25, 0.3) is 11.8 Å². The number of benzene rings is 1. The van der Waals surface area contributed by atoms with Gasteiger partial charge in [0.05, 0.1) is 30.5 Å². The van der Waals surface area contributed by atoms with E-state index >= 15 is 0 Å². The van der Waals surface area contributed by atoms with Crippen molar-refractivity contribution < 1.29 is 23.1 Å². The van der Waals surface area contributed by atoms with E-state index in [9.17, 15) is 18.4 Å². The normalized spacial score (nSPS) is 19.2. The van der Waals surface area contributed by atoms with E-state index in [1.807, 2.05) is 16.4 Å². The summed E-state index contributed by atoms with van der Waals surface area (Å²) in [7, 11) is 0. The molecule has 0 bridgehead atoms. The lowest BCUT2D eigenvalue weighted by Crippen LogP contribution is -2.35. The molecule has 166 valence electrons. The van der Waals surface area contributed by atoms with Gasteiger partial charge in [0, 0.05) is 24.7 Å². The number of halogens is 2. The lowest BCUT2D eigenvalue weighted by atomic mass is 10.0. The minimum Gasteiger partial charge on any atom is -0.373 e. The van der Waals surface area contributed by atoms with Crippen LogP contribution < -0.4 is 5.32 Å². The van der Waals surface area contributed by atoms with Gasteiger partial charge in [-0.3, -0.25) is 9.59 Å². The van der Waals surface area contributed by atoms with Crippen LogP contribution in [0.3, 0.4) is 0 Å². The van der Waals surface area contributed by atoms with Gasteiger partial charge in [-0.1, -0.05) is 13.0 Å². The molecule has 1 saturated heterocycles. The average Bonchev–Trinajstić information content (AvgIpc) is 3.36. The molecule has 1 N–H and O–H groups in total. The number of fused-ring (bicyclic) bond motifs is 1. The summed E-state index contributed by atoms with van der Waals surface area (Å²) in [4.78, 5) is 28.2. The summed E-state index contributed by atoms with van der Waals surface area (Å²) >= 11 is 0. The van der Waals surface area contributed by atoms with Crippen LogP contribution in [0.15, 0.2) is 24.3 Å². The Morgan fingerprint density at radius 1 is 1.26 bits per heavy atom. The van der Waals surface area contributed by atoms with Crippen LogP contribution in [0, 0.1) is 11.6 Å². The van der Waals surface area contributed by atoms with Crippen molar-refractivity contribution in [1.82, 2.24) is 14.8 Å². The number of aromatic nitrogens is 1. The number of rotatable bonds is 5. The Bertz CT molecular complexity index is 984. The maximum absolute atomic E-state index is 14.3. The molecular formula is C23H27F2N3O3. The number of hydrogen-bond acceptors (Lipinski definition) is 3. The summed E-state index contributed by atoms with van der Waals surface area (Å²) in [6.07, 6.45) is 2.23. The van der Waals surface area contributed by atoms with Crippen LogP contribution in [0.2, 0.25) is 0 Å². The van der Waals surface area contributed by atoms with E-state index in [0.29, 0.717) is 43.1 Å². The molecule has 3 heterocycles. The molecule has 0 aliphatic carbocycles. The van der Waals surface area contributed by atoms with Crippen molar-refractivity contribution in [2.75, 3.05) is 13.2 Å². The van der Waals surface area contributed by atoms with Crippen molar-refractivity contribution in [2.45, 2.75) is 58.3 Å². The number of nitrogens with zero attached hydrogens (tertiary/aromatic N) is 2. The van der Waals surface area contributed by atoms with Crippen LogP contribution in [0.4, 0.5) is 8.78 Å². The topological polar surface area (TPSA) is 63.6 Å². The van der Waals surface area contributed by atoms with E-state index in [4.69, 9.17) is 4.74 Å².